The Hall–Kier alpha value is -3.71. The summed E-state index contributed by atoms with van der Waals surface area (Å²) in [4.78, 5) is 11.6. The maximum absolute atomic E-state index is 11.9. The number of rotatable bonds is 5. The van der Waals surface area contributed by atoms with Crippen LogP contribution in [0.15, 0.2) is 88.7 Å². The summed E-state index contributed by atoms with van der Waals surface area (Å²) >= 11 is 11.4. The van der Waals surface area contributed by atoms with Crippen LogP contribution in [-0.4, -0.2) is 34.2 Å². The fourth-order valence-corrected chi connectivity index (χ4v) is 2.44. The molecule has 0 fully saturated rings. The first-order valence-corrected chi connectivity index (χ1v) is 14.4. The van der Waals surface area contributed by atoms with Gasteiger partial charge in [0.05, 0.1) is 16.3 Å². The second kappa shape index (κ2) is 39.4. The van der Waals surface area contributed by atoms with Crippen LogP contribution < -0.4 is 5.32 Å². The maximum Gasteiger partial charge on any atom is 0.209 e. The third kappa shape index (κ3) is 30.8. The van der Waals surface area contributed by atoms with Gasteiger partial charge in [-0.1, -0.05) is 93.4 Å². The van der Waals surface area contributed by atoms with Crippen LogP contribution in [0.25, 0.3) is 0 Å². The van der Waals surface area contributed by atoms with E-state index in [1.54, 1.807) is 40.1 Å². The molecule has 8 heteroatoms. The molecule has 0 bridgehead atoms. The van der Waals surface area contributed by atoms with Crippen LogP contribution in [0.5, 0.6) is 0 Å². The van der Waals surface area contributed by atoms with E-state index >= 15 is 0 Å². The van der Waals surface area contributed by atoms with Gasteiger partial charge in [0.25, 0.3) is 0 Å². The Bertz CT molecular complexity index is 1010. The molecule has 1 aliphatic rings. The van der Waals surface area contributed by atoms with Crippen molar-refractivity contribution in [2.75, 3.05) is 18.4 Å². The smallest absolute Gasteiger partial charge is 0.209 e. The lowest BCUT2D eigenvalue weighted by molar-refractivity contribution is -0.117. The summed E-state index contributed by atoms with van der Waals surface area (Å²) in [6, 6.07) is 9.88. The standard InChI is InChI=1S/C8H13N3.C7H6Cl2.C6H5F.C5H11NO.2C2H6.2C2H2/c1-4-7(2)10-8-5-6-9-11(8)3;8-6-4-2-1-3-5-7(6)9;7-6-4-2-1-3-5-6;1-3-6(4-2)5-7;4*1-2/h4-6,10H,1-3H3;1-2,4-5H,3H2;1-5H;5H,3-4H2,1-2H3;2*1-2H3;2*1-2H/b7-4-;;;;;;;. The van der Waals surface area contributed by atoms with Crippen molar-refractivity contribution in [3.8, 4) is 25.7 Å². The molecule has 0 radical (unpaired) electrons. The van der Waals surface area contributed by atoms with Crippen LogP contribution in [-0.2, 0) is 11.8 Å². The number of nitrogens with zero attached hydrogens (tertiary/aromatic N) is 3. The number of allylic oxidation sites excluding steroid dienone is 8. The van der Waals surface area contributed by atoms with Gasteiger partial charge in [-0.3, -0.25) is 9.48 Å². The van der Waals surface area contributed by atoms with Gasteiger partial charge in [-0.2, -0.15) is 5.10 Å². The molecule has 1 heterocycles. The Kier molecular flexibility index (Phi) is 45.1. The molecule has 5 nitrogen and oxygen atoms in total. The number of halogens is 3. The van der Waals surface area contributed by atoms with Gasteiger partial charge in [0.15, 0.2) is 0 Å². The molecule has 0 saturated heterocycles. The highest BCUT2D eigenvalue weighted by molar-refractivity contribution is 6.44. The van der Waals surface area contributed by atoms with Crippen molar-refractivity contribution in [2.45, 2.75) is 61.8 Å². The van der Waals surface area contributed by atoms with Gasteiger partial charge in [0.1, 0.15) is 11.6 Å². The molecule has 1 N–H and O–H groups in total. The zero-order valence-corrected chi connectivity index (χ0v) is 28.3. The Morgan fingerprint density at radius 1 is 1.02 bits per heavy atom. The summed E-state index contributed by atoms with van der Waals surface area (Å²) in [7, 11) is 1.91. The molecule has 234 valence electrons. The summed E-state index contributed by atoms with van der Waals surface area (Å²) in [5.41, 5.74) is 1.13. The highest BCUT2D eigenvalue weighted by Crippen LogP contribution is 2.21. The first-order chi connectivity index (χ1) is 20.3. The average Bonchev–Trinajstić information content (AvgIpc) is 3.36. The van der Waals surface area contributed by atoms with Crippen LogP contribution in [0.3, 0.4) is 0 Å². The minimum Gasteiger partial charge on any atom is -0.346 e. The summed E-state index contributed by atoms with van der Waals surface area (Å²) in [5, 5.41) is 8.49. The topological polar surface area (TPSA) is 50.2 Å². The SMILES string of the molecule is C#C.C#C.C/C=C(/C)Nc1ccnn1C.CC.CC.CCN(C=O)CC.ClC1=CC=CCC=C1Cl.Fc1ccccc1. The van der Waals surface area contributed by atoms with E-state index in [1.807, 2.05) is 92.8 Å². The van der Waals surface area contributed by atoms with Crippen molar-refractivity contribution in [3.63, 3.8) is 0 Å². The van der Waals surface area contributed by atoms with E-state index in [2.05, 4.69) is 36.1 Å². The molecule has 3 rings (SSSR count). The van der Waals surface area contributed by atoms with Crippen LogP contribution in [0.4, 0.5) is 10.2 Å². The predicted octanol–water partition coefficient (Wildman–Crippen LogP) is 9.81. The number of carbonyl (C=O) groups excluding carboxylic acids is 1. The summed E-state index contributed by atoms with van der Waals surface area (Å²) < 4.78 is 13.7. The number of nitrogens with one attached hydrogen (secondary N) is 1. The van der Waals surface area contributed by atoms with Crippen molar-refractivity contribution in [1.29, 1.82) is 0 Å². The van der Waals surface area contributed by atoms with Gasteiger partial charge in [0, 0.05) is 31.9 Å². The second-order valence-corrected chi connectivity index (χ2v) is 7.60. The lowest BCUT2D eigenvalue weighted by Crippen LogP contribution is -2.19. The van der Waals surface area contributed by atoms with E-state index < -0.39 is 0 Å². The highest BCUT2D eigenvalue weighted by atomic mass is 35.5. The molecule has 42 heavy (non-hydrogen) atoms. The summed E-state index contributed by atoms with van der Waals surface area (Å²) in [5.74, 6) is 0.836. The number of amides is 1. The van der Waals surface area contributed by atoms with Gasteiger partial charge >= 0.3 is 0 Å². The number of terminal acetylenes is 2. The van der Waals surface area contributed by atoms with Crippen molar-refractivity contribution in [2.24, 2.45) is 7.05 Å². The molecule has 1 amide bonds. The fraction of sp³-hybridized carbons (Fsp3) is 0.353. The largest absolute Gasteiger partial charge is 0.346 e. The van der Waals surface area contributed by atoms with Gasteiger partial charge < -0.3 is 10.2 Å². The minimum absolute atomic E-state index is 0.178. The monoisotopic (exact) mass is 620 g/mol. The molecule has 1 aromatic carbocycles. The molecule has 1 aromatic heterocycles. The number of carbonyl (C=O) groups is 1. The molecule has 0 aliphatic heterocycles. The number of anilines is 1. The molecular weight excluding hydrogens is 570 g/mol. The lowest BCUT2D eigenvalue weighted by atomic mass is 10.4. The normalized spacial score (nSPS) is 10.2. The molecule has 2 aromatic rings. The van der Waals surface area contributed by atoms with Gasteiger partial charge in [-0.15, -0.1) is 25.7 Å². The van der Waals surface area contributed by atoms with Crippen molar-refractivity contribution in [3.05, 3.63) is 94.6 Å². The average molecular weight is 622 g/mol. The van der Waals surface area contributed by atoms with E-state index in [0.29, 0.717) is 10.1 Å². The van der Waals surface area contributed by atoms with Crippen molar-refractivity contribution in [1.82, 2.24) is 14.7 Å². The fourth-order valence-electron chi connectivity index (χ4n) is 2.14. The van der Waals surface area contributed by atoms with Crippen LogP contribution in [0, 0.1) is 31.5 Å². The molecule has 0 saturated carbocycles. The molecule has 1 aliphatic carbocycles. The first-order valence-electron chi connectivity index (χ1n) is 13.6. The summed E-state index contributed by atoms with van der Waals surface area (Å²) in [6.45, 7) is 17.6. The maximum atomic E-state index is 11.9. The number of aromatic nitrogens is 2. The number of aryl methyl sites for hydroxylation is 1. The zero-order chi connectivity index (χ0) is 33.8. The molecule has 0 spiro atoms. The Morgan fingerprint density at radius 2 is 1.55 bits per heavy atom. The predicted molar refractivity (Wildman–Crippen MR) is 186 cm³/mol. The van der Waals surface area contributed by atoms with E-state index in [9.17, 15) is 9.18 Å². The van der Waals surface area contributed by atoms with Gasteiger partial charge in [-0.05, 0) is 52.3 Å². The van der Waals surface area contributed by atoms with Crippen LogP contribution in [0.1, 0.15) is 61.8 Å². The van der Waals surface area contributed by atoms with E-state index in [-0.39, 0.29) is 5.82 Å². The number of hydrogen-bond donors (Lipinski definition) is 1. The summed E-state index contributed by atoms with van der Waals surface area (Å²) in [6.07, 6.45) is 29.1. The van der Waals surface area contributed by atoms with E-state index in [1.165, 1.54) is 12.1 Å². The Morgan fingerprint density at radius 3 is 1.88 bits per heavy atom. The quantitative estimate of drug-likeness (QED) is 0.267. The van der Waals surface area contributed by atoms with E-state index in [0.717, 1.165) is 37.4 Å². The molecule has 0 unspecified atom stereocenters. The number of benzene rings is 1. The third-order valence-electron chi connectivity index (χ3n) is 4.31. The Labute approximate surface area is 266 Å². The second-order valence-electron chi connectivity index (χ2n) is 6.79. The minimum atomic E-state index is -0.178. The van der Waals surface area contributed by atoms with Crippen LogP contribution in [0.2, 0.25) is 0 Å². The van der Waals surface area contributed by atoms with Gasteiger partial charge in [-0.25, -0.2) is 4.39 Å². The van der Waals surface area contributed by atoms with Crippen molar-refractivity contribution >= 4 is 35.4 Å². The van der Waals surface area contributed by atoms with Crippen molar-refractivity contribution < 1.29 is 9.18 Å². The van der Waals surface area contributed by atoms with Crippen LogP contribution >= 0.6 is 23.2 Å². The Balaban J connectivity index is -0.000000136. The molecule has 0 atom stereocenters. The van der Waals surface area contributed by atoms with Gasteiger partial charge in [0.2, 0.25) is 6.41 Å². The third-order valence-corrected chi connectivity index (χ3v) is 5.10. The first kappa shape index (κ1) is 48.0. The molecular formula is C34H51Cl2FN4O. The zero-order valence-electron chi connectivity index (χ0n) is 26.8. The number of hydrogen-bond acceptors (Lipinski definition) is 3. The highest BCUT2D eigenvalue weighted by Gasteiger charge is 1.97. The van der Waals surface area contributed by atoms with E-state index in [4.69, 9.17) is 23.2 Å². The lowest BCUT2D eigenvalue weighted by Gasteiger charge is -2.08.